The van der Waals surface area contributed by atoms with E-state index in [2.05, 4.69) is 10.5 Å². The number of amides is 2. The molecule has 0 aliphatic rings. The van der Waals surface area contributed by atoms with Crippen LogP contribution < -0.4 is 11.1 Å². The molecule has 0 heterocycles. The predicted octanol–water partition coefficient (Wildman–Crippen LogP) is 2.64. The maximum absolute atomic E-state index is 12.0. The van der Waals surface area contributed by atoms with Crippen LogP contribution in [0.4, 0.5) is 10.5 Å². The van der Waals surface area contributed by atoms with Crippen molar-refractivity contribution in [3.05, 3.63) is 28.8 Å². The number of nitrogens with zero attached hydrogens (tertiary/aromatic N) is 2. The van der Waals surface area contributed by atoms with Crippen molar-refractivity contribution in [1.29, 1.82) is 0 Å². The number of aryl methyl sites for hydroxylation is 1. The summed E-state index contributed by atoms with van der Waals surface area (Å²) in [5.41, 5.74) is 6.99. The van der Waals surface area contributed by atoms with E-state index in [0.29, 0.717) is 10.7 Å². The van der Waals surface area contributed by atoms with Crippen LogP contribution in [0.2, 0.25) is 5.02 Å². The second-order valence-electron chi connectivity index (χ2n) is 4.65. The lowest BCUT2D eigenvalue weighted by Crippen LogP contribution is -2.40. The molecule has 6 nitrogen and oxygen atoms in total. The highest BCUT2D eigenvalue weighted by Crippen LogP contribution is 2.20. The molecule has 20 heavy (non-hydrogen) atoms. The first-order chi connectivity index (χ1) is 9.35. The third kappa shape index (κ3) is 4.31. The molecule has 0 aliphatic carbocycles. The van der Waals surface area contributed by atoms with E-state index in [-0.39, 0.29) is 24.3 Å². The molecule has 1 unspecified atom stereocenters. The topological polar surface area (TPSA) is 91.0 Å². The van der Waals surface area contributed by atoms with Crippen LogP contribution in [0.5, 0.6) is 0 Å². The van der Waals surface area contributed by atoms with Gasteiger partial charge >= 0.3 is 6.03 Å². The van der Waals surface area contributed by atoms with Crippen molar-refractivity contribution in [2.75, 3.05) is 12.4 Å². The van der Waals surface area contributed by atoms with Crippen molar-refractivity contribution >= 4 is 29.2 Å². The summed E-state index contributed by atoms with van der Waals surface area (Å²) in [5, 5.41) is 14.8. The van der Waals surface area contributed by atoms with E-state index in [4.69, 9.17) is 22.5 Å². The van der Waals surface area contributed by atoms with Gasteiger partial charge in [-0.3, -0.25) is 0 Å². The molecule has 1 aromatic carbocycles. The quantitative estimate of drug-likeness (QED) is 0.345. The Morgan fingerprint density at radius 1 is 1.60 bits per heavy atom. The molecular weight excluding hydrogens is 280 g/mol. The minimum atomic E-state index is -0.289. The van der Waals surface area contributed by atoms with E-state index in [0.717, 1.165) is 5.56 Å². The number of hydrogen-bond donors (Lipinski definition) is 3. The van der Waals surface area contributed by atoms with Gasteiger partial charge in [0, 0.05) is 30.2 Å². The first kappa shape index (κ1) is 16.1. The van der Waals surface area contributed by atoms with Crippen molar-refractivity contribution < 1.29 is 10.0 Å². The Balaban J connectivity index is 2.67. The molecule has 7 heteroatoms. The molecule has 4 N–H and O–H groups in total. The van der Waals surface area contributed by atoms with Crippen LogP contribution >= 0.6 is 11.6 Å². The van der Waals surface area contributed by atoms with Gasteiger partial charge in [0.25, 0.3) is 0 Å². The Morgan fingerprint density at radius 3 is 2.80 bits per heavy atom. The highest BCUT2D eigenvalue weighted by Gasteiger charge is 2.17. The normalized spacial score (nSPS) is 12.9. The minimum Gasteiger partial charge on any atom is -0.409 e. The third-order valence-corrected chi connectivity index (χ3v) is 3.44. The van der Waals surface area contributed by atoms with Crippen LogP contribution in [-0.4, -0.2) is 35.1 Å². The molecular formula is C13H19ClN4O2. The zero-order chi connectivity index (χ0) is 15.3. The molecule has 0 saturated carbocycles. The van der Waals surface area contributed by atoms with Gasteiger partial charge in [-0.2, -0.15) is 0 Å². The van der Waals surface area contributed by atoms with Crippen LogP contribution in [0.25, 0.3) is 0 Å². The fraction of sp³-hybridized carbons (Fsp3) is 0.385. The highest BCUT2D eigenvalue weighted by atomic mass is 35.5. The maximum atomic E-state index is 12.0. The summed E-state index contributed by atoms with van der Waals surface area (Å²) in [7, 11) is 1.64. The number of nitrogens with two attached hydrogens (primary N) is 1. The van der Waals surface area contributed by atoms with Gasteiger partial charge in [-0.25, -0.2) is 4.79 Å². The van der Waals surface area contributed by atoms with Gasteiger partial charge in [-0.05, 0) is 31.5 Å². The number of carbonyl (C=O) groups is 1. The largest absolute Gasteiger partial charge is 0.409 e. The lowest BCUT2D eigenvalue weighted by molar-refractivity contribution is 0.208. The number of anilines is 1. The van der Waals surface area contributed by atoms with E-state index >= 15 is 0 Å². The smallest absolute Gasteiger partial charge is 0.321 e. The molecule has 0 fully saturated rings. The SMILES string of the molecule is Cc1ccc(NC(=O)N(C)C(C)CC(N)=NO)cc1Cl. The summed E-state index contributed by atoms with van der Waals surface area (Å²) in [4.78, 5) is 13.5. The molecule has 0 radical (unpaired) electrons. The molecule has 0 bridgehead atoms. The molecule has 1 rings (SSSR count). The second-order valence-corrected chi connectivity index (χ2v) is 5.06. The lowest BCUT2D eigenvalue weighted by atomic mass is 10.2. The van der Waals surface area contributed by atoms with Gasteiger partial charge in [0.1, 0.15) is 5.84 Å². The van der Waals surface area contributed by atoms with Gasteiger partial charge in [-0.15, -0.1) is 0 Å². The van der Waals surface area contributed by atoms with Gasteiger partial charge < -0.3 is 21.2 Å². The molecule has 0 spiro atoms. The van der Waals surface area contributed by atoms with Gasteiger partial charge in [-0.1, -0.05) is 22.8 Å². The summed E-state index contributed by atoms with van der Waals surface area (Å²) in [6.45, 7) is 3.69. The predicted molar refractivity (Wildman–Crippen MR) is 80.5 cm³/mol. The van der Waals surface area contributed by atoms with Crippen molar-refractivity contribution in [2.24, 2.45) is 10.9 Å². The molecule has 2 amide bonds. The summed E-state index contributed by atoms with van der Waals surface area (Å²) in [6, 6.07) is 4.81. The van der Waals surface area contributed by atoms with Crippen molar-refractivity contribution in [1.82, 2.24) is 4.90 Å². The number of carbonyl (C=O) groups excluding carboxylic acids is 1. The van der Waals surface area contributed by atoms with E-state index in [9.17, 15) is 4.79 Å². The van der Waals surface area contributed by atoms with Gasteiger partial charge in [0.2, 0.25) is 0 Å². The number of rotatable bonds is 4. The van der Waals surface area contributed by atoms with E-state index in [1.807, 2.05) is 13.0 Å². The number of oxime groups is 1. The standard InChI is InChI=1S/C13H19ClN4O2/c1-8-4-5-10(7-11(8)14)16-13(19)18(3)9(2)6-12(15)17-20/h4-5,7,9,20H,6H2,1-3H3,(H2,15,17)(H,16,19). The third-order valence-electron chi connectivity index (χ3n) is 3.04. The number of amidine groups is 1. The Bertz CT molecular complexity index is 519. The molecule has 1 atom stereocenters. The molecule has 0 aliphatic heterocycles. The Kier molecular flexibility index (Phi) is 5.64. The van der Waals surface area contributed by atoms with Gasteiger partial charge in [0.05, 0.1) is 0 Å². The Morgan fingerprint density at radius 2 is 2.25 bits per heavy atom. The van der Waals surface area contributed by atoms with Crippen LogP contribution in [-0.2, 0) is 0 Å². The van der Waals surface area contributed by atoms with Crippen LogP contribution in [0.1, 0.15) is 18.9 Å². The summed E-state index contributed by atoms with van der Waals surface area (Å²) < 4.78 is 0. The monoisotopic (exact) mass is 298 g/mol. The number of hydrogen-bond acceptors (Lipinski definition) is 3. The molecule has 0 saturated heterocycles. The summed E-state index contributed by atoms with van der Waals surface area (Å²) in [6.07, 6.45) is 0.287. The number of urea groups is 1. The fourth-order valence-electron chi connectivity index (χ4n) is 1.56. The fourth-order valence-corrected chi connectivity index (χ4v) is 1.74. The Hall–Kier alpha value is -1.95. The lowest BCUT2D eigenvalue weighted by Gasteiger charge is -2.24. The average molecular weight is 299 g/mol. The number of benzene rings is 1. The van der Waals surface area contributed by atoms with Crippen LogP contribution in [0.15, 0.2) is 23.4 Å². The van der Waals surface area contributed by atoms with Crippen molar-refractivity contribution in [3.63, 3.8) is 0 Å². The van der Waals surface area contributed by atoms with Gasteiger partial charge in [0.15, 0.2) is 0 Å². The van der Waals surface area contributed by atoms with Crippen molar-refractivity contribution in [3.8, 4) is 0 Å². The number of halogens is 1. The Labute approximate surface area is 123 Å². The molecule has 0 aromatic heterocycles. The van der Waals surface area contributed by atoms with E-state index < -0.39 is 0 Å². The summed E-state index contributed by atoms with van der Waals surface area (Å²) >= 11 is 6.00. The highest BCUT2D eigenvalue weighted by molar-refractivity contribution is 6.31. The van der Waals surface area contributed by atoms with E-state index in [1.54, 1.807) is 26.1 Å². The molecule has 110 valence electrons. The first-order valence-corrected chi connectivity index (χ1v) is 6.49. The zero-order valence-corrected chi connectivity index (χ0v) is 12.5. The summed E-state index contributed by atoms with van der Waals surface area (Å²) in [5.74, 6) is 0.0792. The first-order valence-electron chi connectivity index (χ1n) is 6.11. The number of nitrogens with one attached hydrogen (secondary N) is 1. The molecule has 1 aromatic rings. The maximum Gasteiger partial charge on any atom is 0.321 e. The van der Waals surface area contributed by atoms with Crippen LogP contribution in [0.3, 0.4) is 0 Å². The second kappa shape index (κ2) is 7.00. The van der Waals surface area contributed by atoms with E-state index in [1.165, 1.54) is 4.90 Å². The van der Waals surface area contributed by atoms with Crippen molar-refractivity contribution in [2.45, 2.75) is 26.3 Å². The zero-order valence-electron chi connectivity index (χ0n) is 11.7. The average Bonchev–Trinajstić information content (AvgIpc) is 2.41. The van der Waals surface area contributed by atoms with Crippen LogP contribution in [0, 0.1) is 6.92 Å². The minimum absolute atomic E-state index is 0.0792.